The molecule has 1 atom stereocenters. The average Bonchev–Trinajstić information content (AvgIpc) is 2.39. The summed E-state index contributed by atoms with van der Waals surface area (Å²) in [5.41, 5.74) is 1.79. The van der Waals surface area contributed by atoms with Crippen molar-refractivity contribution in [1.29, 1.82) is 0 Å². The van der Waals surface area contributed by atoms with Gasteiger partial charge in [0.2, 0.25) is 11.8 Å². The molecular formula is C13H18N4O2. The Labute approximate surface area is 112 Å². The highest BCUT2D eigenvalue weighted by atomic mass is 16.2. The fraction of sp³-hybridized carbons (Fsp3) is 0.462. The third-order valence-corrected chi connectivity index (χ3v) is 3.03. The summed E-state index contributed by atoms with van der Waals surface area (Å²) >= 11 is 0. The monoisotopic (exact) mass is 262 g/mol. The molecule has 2 rings (SSSR count). The molecule has 0 saturated carbocycles. The number of carbonyl (C=O) groups excluding carboxylic acids is 2. The van der Waals surface area contributed by atoms with Gasteiger partial charge in [-0.1, -0.05) is 6.07 Å². The van der Waals surface area contributed by atoms with Gasteiger partial charge in [0.25, 0.3) is 0 Å². The number of aromatic nitrogens is 1. The van der Waals surface area contributed by atoms with E-state index in [0.29, 0.717) is 13.1 Å². The molecule has 6 heteroatoms. The second-order valence-electron chi connectivity index (χ2n) is 4.70. The molecule has 2 N–H and O–H groups in total. The average molecular weight is 262 g/mol. The maximum absolute atomic E-state index is 12.2. The number of hydrogen-bond donors (Lipinski definition) is 2. The lowest BCUT2D eigenvalue weighted by molar-refractivity contribution is -0.134. The van der Waals surface area contributed by atoms with Crippen LogP contribution in [0.4, 0.5) is 0 Å². The van der Waals surface area contributed by atoms with Crippen LogP contribution in [0.3, 0.4) is 0 Å². The quantitative estimate of drug-likeness (QED) is 0.765. The highest BCUT2D eigenvalue weighted by Gasteiger charge is 2.26. The first-order chi connectivity index (χ1) is 9.06. The van der Waals surface area contributed by atoms with Crippen molar-refractivity contribution in [2.45, 2.75) is 19.5 Å². The van der Waals surface area contributed by atoms with Gasteiger partial charge in [-0.25, -0.2) is 0 Å². The van der Waals surface area contributed by atoms with Crippen LogP contribution in [0.25, 0.3) is 0 Å². The SMILES string of the molecule is Cc1cccc(CN(C)C(=O)C2CNC(=O)CN2)n1. The molecule has 0 aliphatic carbocycles. The van der Waals surface area contributed by atoms with Gasteiger partial charge in [-0.15, -0.1) is 0 Å². The van der Waals surface area contributed by atoms with Crippen molar-refractivity contribution < 1.29 is 9.59 Å². The summed E-state index contributed by atoms with van der Waals surface area (Å²) in [4.78, 5) is 29.2. The van der Waals surface area contributed by atoms with E-state index in [0.717, 1.165) is 11.4 Å². The van der Waals surface area contributed by atoms with E-state index < -0.39 is 0 Å². The van der Waals surface area contributed by atoms with Gasteiger partial charge in [0.1, 0.15) is 6.04 Å². The van der Waals surface area contributed by atoms with E-state index in [-0.39, 0.29) is 24.4 Å². The number of aryl methyl sites for hydroxylation is 1. The molecule has 1 saturated heterocycles. The van der Waals surface area contributed by atoms with Crippen molar-refractivity contribution in [2.75, 3.05) is 20.1 Å². The second-order valence-corrected chi connectivity index (χ2v) is 4.70. The van der Waals surface area contributed by atoms with Crippen LogP contribution < -0.4 is 10.6 Å². The van der Waals surface area contributed by atoms with E-state index in [1.165, 1.54) is 0 Å². The van der Waals surface area contributed by atoms with Crippen LogP contribution in [0.1, 0.15) is 11.4 Å². The number of amides is 2. The Bertz CT molecular complexity index is 479. The number of pyridine rings is 1. The predicted octanol–water partition coefficient (Wildman–Crippen LogP) is -0.564. The zero-order chi connectivity index (χ0) is 13.8. The number of piperazine rings is 1. The Hall–Kier alpha value is -1.95. The lowest BCUT2D eigenvalue weighted by Gasteiger charge is -2.27. The van der Waals surface area contributed by atoms with Crippen molar-refractivity contribution in [1.82, 2.24) is 20.5 Å². The van der Waals surface area contributed by atoms with Gasteiger partial charge in [-0.2, -0.15) is 0 Å². The van der Waals surface area contributed by atoms with Gasteiger partial charge in [0, 0.05) is 19.3 Å². The van der Waals surface area contributed by atoms with E-state index in [1.54, 1.807) is 11.9 Å². The zero-order valence-electron chi connectivity index (χ0n) is 11.1. The largest absolute Gasteiger partial charge is 0.353 e. The minimum absolute atomic E-state index is 0.0386. The molecule has 1 aromatic heterocycles. The Balaban J connectivity index is 1.94. The molecule has 0 radical (unpaired) electrons. The minimum Gasteiger partial charge on any atom is -0.353 e. The van der Waals surface area contributed by atoms with E-state index in [9.17, 15) is 9.59 Å². The van der Waals surface area contributed by atoms with Crippen molar-refractivity contribution in [3.05, 3.63) is 29.6 Å². The summed E-state index contributed by atoms with van der Waals surface area (Å²) in [5.74, 6) is -0.115. The molecular weight excluding hydrogens is 244 g/mol. The molecule has 1 unspecified atom stereocenters. The lowest BCUT2D eigenvalue weighted by atomic mass is 10.2. The fourth-order valence-corrected chi connectivity index (χ4v) is 2.02. The fourth-order valence-electron chi connectivity index (χ4n) is 2.02. The van der Waals surface area contributed by atoms with Crippen LogP contribution in [-0.4, -0.2) is 47.9 Å². The molecule has 6 nitrogen and oxygen atoms in total. The van der Waals surface area contributed by atoms with E-state index in [2.05, 4.69) is 15.6 Å². The van der Waals surface area contributed by atoms with E-state index >= 15 is 0 Å². The van der Waals surface area contributed by atoms with Crippen molar-refractivity contribution in [3.8, 4) is 0 Å². The van der Waals surface area contributed by atoms with Crippen LogP contribution >= 0.6 is 0 Å². The van der Waals surface area contributed by atoms with Crippen molar-refractivity contribution in [3.63, 3.8) is 0 Å². The molecule has 0 spiro atoms. The summed E-state index contributed by atoms with van der Waals surface area (Å²) in [7, 11) is 1.74. The van der Waals surface area contributed by atoms with Crippen LogP contribution in [0.15, 0.2) is 18.2 Å². The molecule has 1 aliphatic heterocycles. The first kappa shape index (κ1) is 13.5. The van der Waals surface area contributed by atoms with Crippen LogP contribution in [0.5, 0.6) is 0 Å². The zero-order valence-corrected chi connectivity index (χ0v) is 11.1. The Morgan fingerprint density at radius 1 is 1.53 bits per heavy atom. The number of likely N-dealkylation sites (N-methyl/N-ethyl adjacent to an activating group) is 1. The van der Waals surface area contributed by atoms with Gasteiger partial charge in [0.15, 0.2) is 0 Å². The summed E-state index contributed by atoms with van der Waals surface area (Å²) in [6.45, 7) is 2.91. The number of rotatable bonds is 3. The molecule has 0 bridgehead atoms. The van der Waals surface area contributed by atoms with Gasteiger partial charge in [-0.3, -0.25) is 19.9 Å². The number of hydrogen-bond acceptors (Lipinski definition) is 4. The first-order valence-corrected chi connectivity index (χ1v) is 6.24. The van der Waals surface area contributed by atoms with E-state index in [4.69, 9.17) is 0 Å². The maximum Gasteiger partial charge on any atom is 0.241 e. The maximum atomic E-state index is 12.2. The highest BCUT2D eigenvalue weighted by Crippen LogP contribution is 2.04. The summed E-state index contributed by atoms with van der Waals surface area (Å²) < 4.78 is 0. The van der Waals surface area contributed by atoms with Crippen LogP contribution in [0, 0.1) is 6.92 Å². The Kier molecular flexibility index (Phi) is 4.11. The summed E-state index contributed by atoms with van der Waals surface area (Å²) in [6, 6.07) is 5.39. The summed E-state index contributed by atoms with van der Waals surface area (Å²) in [6.07, 6.45) is 0. The number of nitrogens with one attached hydrogen (secondary N) is 2. The van der Waals surface area contributed by atoms with E-state index in [1.807, 2.05) is 25.1 Å². The third-order valence-electron chi connectivity index (χ3n) is 3.03. The van der Waals surface area contributed by atoms with Gasteiger partial charge >= 0.3 is 0 Å². The predicted molar refractivity (Wildman–Crippen MR) is 70.2 cm³/mol. The lowest BCUT2D eigenvalue weighted by Crippen LogP contribution is -2.58. The van der Waals surface area contributed by atoms with Gasteiger partial charge in [-0.05, 0) is 19.1 Å². The standard InChI is InChI=1S/C13H18N4O2/c1-9-4-3-5-10(16-9)8-17(2)13(19)11-6-15-12(18)7-14-11/h3-5,11,14H,6-8H2,1-2H3,(H,15,18). The second kappa shape index (κ2) is 5.79. The molecule has 2 amide bonds. The molecule has 102 valence electrons. The molecule has 1 aliphatic rings. The van der Waals surface area contributed by atoms with Crippen LogP contribution in [0.2, 0.25) is 0 Å². The molecule has 1 aromatic rings. The molecule has 19 heavy (non-hydrogen) atoms. The number of carbonyl (C=O) groups is 2. The Morgan fingerprint density at radius 3 is 2.95 bits per heavy atom. The minimum atomic E-state index is -0.354. The number of nitrogens with zero attached hydrogens (tertiary/aromatic N) is 2. The highest BCUT2D eigenvalue weighted by molar-refractivity contribution is 5.86. The molecule has 2 heterocycles. The normalized spacial score (nSPS) is 18.8. The van der Waals surface area contributed by atoms with Crippen molar-refractivity contribution in [2.24, 2.45) is 0 Å². The van der Waals surface area contributed by atoms with Crippen LogP contribution in [-0.2, 0) is 16.1 Å². The third kappa shape index (κ3) is 3.51. The van der Waals surface area contributed by atoms with Gasteiger partial charge < -0.3 is 10.2 Å². The summed E-state index contributed by atoms with van der Waals surface area (Å²) in [5, 5.41) is 5.60. The molecule has 1 fully saturated rings. The smallest absolute Gasteiger partial charge is 0.241 e. The molecule has 0 aromatic carbocycles. The van der Waals surface area contributed by atoms with Crippen molar-refractivity contribution >= 4 is 11.8 Å². The topological polar surface area (TPSA) is 74.3 Å². The first-order valence-electron chi connectivity index (χ1n) is 6.24. The Morgan fingerprint density at radius 2 is 2.32 bits per heavy atom. The van der Waals surface area contributed by atoms with Gasteiger partial charge in [0.05, 0.1) is 18.8 Å².